The van der Waals surface area contributed by atoms with Gasteiger partial charge in [0.05, 0.1) is 10.5 Å². The third-order valence-corrected chi connectivity index (χ3v) is 8.07. The van der Waals surface area contributed by atoms with Crippen molar-refractivity contribution in [3.05, 3.63) is 95.2 Å². The van der Waals surface area contributed by atoms with Crippen LogP contribution in [0.5, 0.6) is 5.75 Å². The Morgan fingerprint density at radius 3 is 2.44 bits per heavy atom. The predicted molar refractivity (Wildman–Crippen MR) is 148 cm³/mol. The monoisotopic (exact) mass is 584 g/mol. The minimum Gasteiger partial charge on any atom is -0.481 e. The van der Waals surface area contributed by atoms with Gasteiger partial charge in [0.25, 0.3) is 0 Å². The van der Waals surface area contributed by atoms with E-state index in [9.17, 15) is 31.5 Å². The van der Waals surface area contributed by atoms with Crippen LogP contribution in [0.3, 0.4) is 0 Å². The molecule has 0 unspecified atom stereocenters. The summed E-state index contributed by atoms with van der Waals surface area (Å²) < 4.78 is 75.5. The van der Waals surface area contributed by atoms with Gasteiger partial charge in [-0.05, 0) is 67.4 Å². The molecular formula is C30H27F3N2O5S. The van der Waals surface area contributed by atoms with Crippen molar-refractivity contribution < 1.29 is 36.2 Å². The van der Waals surface area contributed by atoms with Gasteiger partial charge in [-0.1, -0.05) is 36.3 Å². The number of carbonyl (C=O) groups is 1. The van der Waals surface area contributed by atoms with E-state index in [0.717, 1.165) is 12.1 Å². The number of carboxylic acid groups (broad SMARTS) is 1. The molecule has 4 rings (SSSR count). The summed E-state index contributed by atoms with van der Waals surface area (Å²) in [6.07, 6.45) is -4.68. The SMILES string of the molecule is CC#CCOc1ccc(S(=O)(=O)N[C@@H](Cc2c(C)n(Cc3cccc(C(F)(F)F)c3)c3ccccc23)C(=O)O)cc1. The second-order valence-electron chi connectivity index (χ2n) is 9.27. The Labute approximate surface area is 235 Å². The first-order chi connectivity index (χ1) is 19.4. The van der Waals surface area contributed by atoms with Gasteiger partial charge in [0, 0.05) is 29.6 Å². The first kappa shape index (κ1) is 29.7. The molecule has 0 spiro atoms. The lowest BCUT2D eigenvalue weighted by Gasteiger charge is -2.16. The number of nitrogens with zero attached hydrogens (tertiary/aromatic N) is 1. The molecule has 0 amide bonds. The maximum absolute atomic E-state index is 13.3. The fraction of sp³-hybridized carbons (Fsp3) is 0.233. The highest BCUT2D eigenvalue weighted by molar-refractivity contribution is 7.89. The number of benzene rings is 3. The number of sulfonamides is 1. The van der Waals surface area contributed by atoms with E-state index in [2.05, 4.69) is 16.6 Å². The first-order valence-electron chi connectivity index (χ1n) is 12.5. The van der Waals surface area contributed by atoms with Crippen LogP contribution in [-0.2, 0) is 34.0 Å². The number of carboxylic acids is 1. The quantitative estimate of drug-likeness (QED) is 0.244. The minimum absolute atomic E-state index is 0.109. The number of nitrogens with one attached hydrogen (secondary N) is 1. The van der Waals surface area contributed by atoms with Gasteiger partial charge in [0.2, 0.25) is 10.0 Å². The van der Waals surface area contributed by atoms with Crippen molar-refractivity contribution in [1.29, 1.82) is 0 Å². The lowest BCUT2D eigenvalue weighted by molar-refractivity contribution is -0.139. The Bertz CT molecular complexity index is 1730. The molecule has 11 heteroatoms. The van der Waals surface area contributed by atoms with Gasteiger partial charge in [-0.2, -0.15) is 17.9 Å². The number of rotatable bonds is 10. The van der Waals surface area contributed by atoms with Crippen LogP contribution < -0.4 is 9.46 Å². The van der Waals surface area contributed by atoms with E-state index in [1.165, 1.54) is 30.3 Å². The lowest BCUT2D eigenvalue weighted by Crippen LogP contribution is -2.42. The molecule has 0 aliphatic carbocycles. The van der Waals surface area contributed by atoms with Gasteiger partial charge in [0.1, 0.15) is 18.4 Å². The number of halogens is 3. The van der Waals surface area contributed by atoms with Crippen molar-refractivity contribution >= 4 is 26.9 Å². The van der Waals surface area contributed by atoms with Gasteiger partial charge in [-0.25, -0.2) is 8.42 Å². The van der Waals surface area contributed by atoms with Crippen molar-refractivity contribution in [1.82, 2.24) is 9.29 Å². The Hall–Kier alpha value is -4.27. The zero-order chi connectivity index (χ0) is 29.8. The van der Waals surface area contributed by atoms with E-state index in [-0.39, 0.29) is 24.5 Å². The highest BCUT2D eigenvalue weighted by Crippen LogP contribution is 2.32. The van der Waals surface area contributed by atoms with E-state index in [1.807, 2.05) is 0 Å². The third-order valence-electron chi connectivity index (χ3n) is 6.58. The van der Waals surface area contributed by atoms with E-state index in [4.69, 9.17) is 4.74 Å². The van der Waals surface area contributed by atoms with Crippen LogP contribution in [0.2, 0.25) is 0 Å². The molecule has 41 heavy (non-hydrogen) atoms. The molecule has 0 fully saturated rings. The molecule has 1 heterocycles. The molecule has 0 saturated carbocycles. The average Bonchev–Trinajstić information content (AvgIpc) is 3.18. The van der Waals surface area contributed by atoms with Crippen LogP contribution >= 0.6 is 0 Å². The standard InChI is InChI=1S/C30H27F3N2O5S/c1-3-4-16-40-23-12-14-24(15-13-23)41(38,39)34-27(29(36)37)18-26-20(2)35(28-11-6-5-10-25(26)28)19-21-8-7-9-22(17-21)30(31,32)33/h5-15,17,27,34H,16,18-19H2,1-2H3,(H,36,37)/t27-/m0/s1. The molecule has 0 radical (unpaired) electrons. The summed E-state index contributed by atoms with van der Waals surface area (Å²) in [5.41, 5.74) is 1.53. The smallest absolute Gasteiger partial charge is 0.416 e. The largest absolute Gasteiger partial charge is 0.481 e. The Morgan fingerprint density at radius 1 is 1.07 bits per heavy atom. The molecule has 0 bridgehead atoms. The number of aromatic nitrogens is 1. The normalized spacial score (nSPS) is 12.5. The molecule has 0 saturated heterocycles. The minimum atomic E-state index is -4.49. The van der Waals surface area contributed by atoms with Crippen molar-refractivity contribution in [3.63, 3.8) is 0 Å². The Balaban J connectivity index is 1.63. The number of ether oxygens (including phenoxy) is 1. The highest BCUT2D eigenvalue weighted by atomic mass is 32.2. The fourth-order valence-corrected chi connectivity index (χ4v) is 5.73. The van der Waals surface area contributed by atoms with E-state index < -0.39 is 33.8 Å². The summed E-state index contributed by atoms with van der Waals surface area (Å²) in [4.78, 5) is 12.1. The molecule has 4 aromatic rings. The van der Waals surface area contributed by atoms with Crippen LogP contribution in [0.25, 0.3) is 10.9 Å². The number of alkyl halides is 3. The summed E-state index contributed by atoms with van der Waals surface area (Å²) in [5.74, 6) is 4.45. The molecule has 0 aliphatic rings. The zero-order valence-corrected chi connectivity index (χ0v) is 23.0. The number of fused-ring (bicyclic) bond motifs is 1. The van der Waals surface area contributed by atoms with E-state index >= 15 is 0 Å². The molecular weight excluding hydrogens is 557 g/mol. The Morgan fingerprint density at radius 2 is 1.78 bits per heavy atom. The maximum atomic E-state index is 13.3. The van der Waals surface area contributed by atoms with Crippen LogP contribution in [0, 0.1) is 18.8 Å². The average molecular weight is 585 g/mol. The number of aliphatic carboxylic acids is 1. The molecule has 0 aliphatic heterocycles. The summed E-state index contributed by atoms with van der Waals surface area (Å²) >= 11 is 0. The van der Waals surface area contributed by atoms with Gasteiger partial charge < -0.3 is 14.4 Å². The van der Waals surface area contributed by atoms with E-state index in [1.54, 1.807) is 48.7 Å². The summed E-state index contributed by atoms with van der Waals surface area (Å²) in [6.45, 7) is 3.65. The second kappa shape index (κ2) is 12.1. The van der Waals surface area contributed by atoms with Gasteiger partial charge in [0.15, 0.2) is 0 Å². The van der Waals surface area contributed by atoms with Crippen LogP contribution in [0.1, 0.15) is 29.3 Å². The predicted octanol–water partition coefficient (Wildman–Crippen LogP) is 5.39. The summed E-state index contributed by atoms with van der Waals surface area (Å²) in [6, 6.07) is 16.1. The van der Waals surface area contributed by atoms with Gasteiger partial charge in [-0.3, -0.25) is 4.79 Å². The third kappa shape index (κ3) is 6.90. The number of para-hydroxylation sites is 1. The van der Waals surface area contributed by atoms with Crippen molar-refractivity contribution in [2.45, 2.75) is 43.9 Å². The molecule has 1 aromatic heterocycles. The first-order valence-corrected chi connectivity index (χ1v) is 14.0. The van der Waals surface area contributed by atoms with Crippen molar-refractivity contribution in [3.8, 4) is 17.6 Å². The zero-order valence-electron chi connectivity index (χ0n) is 22.2. The topological polar surface area (TPSA) is 97.6 Å². The molecule has 214 valence electrons. The van der Waals surface area contributed by atoms with Crippen molar-refractivity contribution in [2.24, 2.45) is 0 Å². The molecule has 3 aromatic carbocycles. The van der Waals surface area contributed by atoms with Crippen LogP contribution in [-0.4, -0.2) is 36.7 Å². The molecule has 1 atom stereocenters. The summed E-state index contributed by atoms with van der Waals surface area (Å²) in [7, 11) is -4.22. The second-order valence-corrected chi connectivity index (χ2v) is 11.0. The highest BCUT2D eigenvalue weighted by Gasteiger charge is 2.31. The summed E-state index contributed by atoms with van der Waals surface area (Å²) in [5, 5.41) is 10.6. The lowest BCUT2D eigenvalue weighted by atomic mass is 10.0. The van der Waals surface area contributed by atoms with Gasteiger partial charge in [-0.15, -0.1) is 5.92 Å². The van der Waals surface area contributed by atoms with Crippen molar-refractivity contribution in [2.75, 3.05) is 6.61 Å². The van der Waals surface area contributed by atoms with Crippen LogP contribution in [0.15, 0.2) is 77.7 Å². The van der Waals surface area contributed by atoms with Crippen LogP contribution in [0.4, 0.5) is 13.2 Å². The molecule has 7 nitrogen and oxygen atoms in total. The molecule has 2 N–H and O–H groups in total. The van der Waals surface area contributed by atoms with E-state index in [0.29, 0.717) is 33.5 Å². The maximum Gasteiger partial charge on any atom is 0.416 e. The number of hydrogen-bond donors (Lipinski definition) is 2. The fourth-order valence-electron chi connectivity index (χ4n) is 4.54. The van der Waals surface area contributed by atoms with Gasteiger partial charge >= 0.3 is 12.1 Å². The number of hydrogen-bond acceptors (Lipinski definition) is 4. The Kier molecular flexibility index (Phi) is 8.75.